The Morgan fingerprint density at radius 1 is 0.980 bits per heavy atom. The molecule has 22 heteroatoms. The molecule has 1 unspecified atom stereocenters. The van der Waals surface area contributed by atoms with Crippen LogP contribution in [-0.4, -0.2) is 134 Å². The molecule has 0 radical (unpaired) electrons. The Morgan fingerprint density at radius 2 is 1.55 bits per heavy atom. The molecular formula is C27H36F9N5O8. The van der Waals surface area contributed by atoms with Crippen molar-refractivity contribution < 1.29 is 78.3 Å². The van der Waals surface area contributed by atoms with Gasteiger partial charge in [0.05, 0.1) is 24.7 Å². The maximum Gasteiger partial charge on any atom is 0.490 e. The van der Waals surface area contributed by atoms with Crippen LogP contribution in [0.2, 0.25) is 0 Å². The van der Waals surface area contributed by atoms with Crippen molar-refractivity contribution in [1.82, 2.24) is 20.2 Å². The highest BCUT2D eigenvalue weighted by atomic mass is 19.4. The van der Waals surface area contributed by atoms with E-state index in [1.165, 1.54) is 0 Å². The molecule has 3 fully saturated rings. The number of aliphatic carboxylic acids is 2. The molecule has 3 N–H and O–H groups in total. The maximum atomic E-state index is 13.7. The highest BCUT2D eigenvalue weighted by Crippen LogP contribution is 2.41. The van der Waals surface area contributed by atoms with Crippen LogP contribution < -0.4 is 10.2 Å². The first-order chi connectivity index (χ1) is 22.6. The molecule has 2 saturated heterocycles. The van der Waals surface area contributed by atoms with Crippen LogP contribution in [-0.2, 0) is 34.8 Å². The largest absolute Gasteiger partial charge is 0.490 e. The van der Waals surface area contributed by atoms with Gasteiger partial charge in [-0.25, -0.2) is 19.6 Å². The number of piperazine rings is 1. The van der Waals surface area contributed by atoms with Crippen molar-refractivity contribution in [3.8, 4) is 0 Å². The Labute approximate surface area is 273 Å². The molecule has 1 aliphatic carbocycles. The summed E-state index contributed by atoms with van der Waals surface area (Å²) in [5.41, 5.74) is -1.58. The predicted molar refractivity (Wildman–Crippen MR) is 148 cm³/mol. The number of carboxylic acid groups (broad SMARTS) is 2. The van der Waals surface area contributed by atoms with Crippen molar-refractivity contribution in [2.24, 2.45) is 5.41 Å². The summed E-state index contributed by atoms with van der Waals surface area (Å²) in [6.07, 6.45) is -10.5. The number of nitrogens with zero attached hydrogens (tertiary/aromatic N) is 4. The number of hydrogen-bond acceptors (Lipinski definition) is 10. The summed E-state index contributed by atoms with van der Waals surface area (Å²) >= 11 is 0. The minimum atomic E-state index is -5.08. The van der Waals surface area contributed by atoms with Gasteiger partial charge in [-0.3, -0.25) is 4.79 Å². The number of carbonyl (C=O) groups excluding carboxylic acids is 1. The molecule has 1 amide bonds. The van der Waals surface area contributed by atoms with E-state index < -0.39 is 41.6 Å². The van der Waals surface area contributed by atoms with Crippen molar-refractivity contribution in [1.29, 1.82) is 0 Å². The van der Waals surface area contributed by atoms with Gasteiger partial charge < -0.3 is 39.5 Å². The van der Waals surface area contributed by atoms with Crippen LogP contribution in [0.5, 0.6) is 0 Å². The highest BCUT2D eigenvalue weighted by molar-refractivity contribution is 5.83. The smallest absolute Gasteiger partial charge is 0.475 e. The predicted octanol–water partition coefficient (Wildman–Crippen LogP) is 2.99. The second kappa shape index (κ2) is 17.4. The van der Waals surface area contributed by atoms with Crippen LogP contribution in [0.4, 0.5) is 45.5 Å². The van der Waals surface area contributed by atoms with E-state index in [0.29, 0.717) is 52.4 Å². The van der Waals surface area contributed by atoms with Crippen molar-refractivity contribution in [2.75, 3.05) is 65.1 Å². The number of halogens is 9. The van der Waals surface area contributed by atoms with E-state index in [-0.39, 0.29) is 30.0 Å². The summed E-state index contributed by atoms with van der Waals surface area (Å²) in [6.45, 7) is 3.11. The molecule has 3 heterocycles. The molecule has 2 aliphatic heterocycles. The van der Waals surface area contributed by atoms with Gasteiger partial charge in [0, 0.05) is 65.3 Å². The number of methoxy groups -OCH3 is 2. The average Bonchev–Trinajstić information content (AvgIpc) is 3.44. The number of amides is 1. The van der Waals surface area contributed by atoms with E-state index in [2.05, 4.69) is 15.3 Å². The van der Waals surface area contributed by atoms with Gasteiger partial charge in [0.15, 0.2) is 0 Å². The van der Waals surface area contributed by atoms with Crippen LogP contribution in [0.1, 0.15) is 31.4 Å². The van der Waals surface area contributed by atoms with Gasteiger partial charge in [-0.15, -0.1) is 0 Å². The fraction of sp³-hybridized carbons (Fsp3) is 0.741. The third-order valence-corrected chi connectivity index (χ3v) is 7.81. The van der Waals surface area contributed by atoms with E-state index in [1.54, 1.807) is 24.0 Å². The van der Waals surface area contributed by atoms with Gasteiger partial charge in [-0.1, -0.05) is 0 Å². The van der Waals surface area contributed by atoms with Gasteiger partial charge in [-0.2, -0.15) is 39.5 Å². The minimum Gasteiger partial charge on any atom is -0.475 e. The quantitative estimate of drug-likeness (QED) is 0.353. The summed E-state index contributed by atoms with van der Waals surface area (Å²) in [5.74, 6) is -5.43. The van der Waals surface area contributed by atoms with Crippen molar-refractivity contribution in [3.05, 3.63) is 18.0 Å². The SMILES string of the molecule is COC[C@]1(C(=O)N2CCN(c3nccc(C(F)(F)F)n3)CC2)CC[C@@H](N[C@@H]2CCOCC2OC)C1.O=C(O)C(F)(F)F.O=C(O)C(F)(F)F. The average molecular weight is 730 g/mol. The number of rotatable bonds is 7. The fourth-order valence-electron chi connectivity index (χ4n) is 5.47. The molecule has 0 aromatic carbocycles. The Bertz CT molecular complexity index is 1220. The van der Waals surface area contributed by atoms with Crippen molar-refractivity contribution in [2.45, 2.75) is 62.4 Å². The lowest BCUT2D eigenvalue weighted by molar-refractivity contribution is -0.193. The third kappa shape index (κ3) is 12.4. The lowest BCUT2D eigenvalue weighted by atomic mass is 9.84. The standard InChI is InChI=1S/C23H34F3N5O4.2C2HF3O2/c1-33-15-22(6-3-16(13-22)28-17-5-12-35-14-18(17)34-2)20(32)30-8-10-31(11-9-30)21-27-7-4-19(29-21)23(24,25)26;2*3-2(4,5)1(6)7/h4,7,16-18,28H,3,5-6,8-15H2,1-2H3;2*(H,6,7)/t16-,17-,18?,22+;;/m1../s1. The molecule has 0 bridgehead atoms. The first-order valence-electron chi connectivity index (χ1n) is 14.5. The second-order valence-corrected chi connectivity index (χ2v) is 11.2. The molecule has 49 heavy (non-hydrogen) atoms. The Morgan fingerprint density at radius 3 is 2.04 bits per heavy atom. The molecule has 1 aromatic heterocycles. The first-order valence-corrected chi connectivity index (χ1v) is 14.5. The molecule has 0 spiro atoms. The second-order valence-electron chi connectivity index (χ2n) is 11.2. The molecule has 1 saturated carbocycles. The number of carbonyl (C=O) groups is 3. The van der Waals surface area contributed by atoms with Crippen LogP contribution in [0, 0.1) is 5.41 Å². The van der Waals surface area contributed by atoms with Gasteiger partial charge in [0.2, 0.25) is 11.9 Å². The number of hydrogen-bond donors (Lipinski definition) is 3. The zero-order valence-corrected chi connectivity index (χ0v) is 26.2. The number of aromatic nitrogens is 2. The molecule has 4 rings (SSSR count). The fourth-order valence-corrected chi connectivity index (χ4v) is 5.47. The lowest BCUT2D eigenvalue weighted by Gasteiger charge is -2.40. The number of ether oxygens (including phenoxy) is 3. The van der Waals surface area contributed by atoms with Crippen LogP contribution in [0.15, 0.2) is 12.3 Å². The van der Waals surface area contributed by atoms with E-state index in [9.17, 15) is 44.3 Å². The summed E-state index contributed by atoms with van der Waals surface area (Å²) in [7, 11) is 3.30. The van der Waals surface area contributed by atoms with Crippen LogP contribution >= 0.6 is 0 Å². The Balaban J connectivity index is 0.000000500. The number of carboxylic acids is 2. The molecule has 4 atom stereocenters. The van der Waals surface area contributed by atoms with Gasteiger partial charge in [0.25, 0.3) is 0 Å². The molecular weight excluding hydrogens is 693 g/mol. The van der Waals surface area contributed by atoms with Crippen molar-refractivity contribution in [3.63, 3.8) is 0 Å². The number of nitrogens with one attached hydrogen (secondary N) is 1. The van der Waals surface area contributed by atoms with Crippen LogP contribution in [0.25, 0.3) is 0 Å². The first kappa shape index (κ1) is 41.7. The molecule has 1 aromatic rings. The summed E-state index contributed by atoms with van der Waals surface area (Å²) in [6, 6.07) is 1.22. The summed E-state index contributed by atoms with van der Waals surface area (Å²) in [5, 5.41) is 17.9. The minimum absolute atomic E-state index is 0.0111. The van der Waals surface area contributed by atoms with E-state index >= 15 is 0 Å². The van der Waals surface area contributed by atoms with Gasteiger partial charge in [0.1, 0.15) is 5.69 Å². The topological polar surface area (TPSA) is 164 Å². The number of alkyl halides is 9. The molecule has 3 aliphatic rings. The normalized spacial score (nSPS) is 24.7. The van der Waals surface area contributed by atoms with Gasteiger partial charge in [-0.05, 0) is 31.7 Å². The molecule has 280 valence electrons. The maximum absolute atomic E-state index is 13.7. The van der Waals surface area contributed by atoms with Crippen molar-refractivity contribution >= 4 is 23.8 Å². The number of anilines is 1. The van der Waals surface area contributed by atoms with E-state index in [0.717, 1.165) is 31.5 Å². The zero-order valence-electron chi connectivity index (χ0n) is 26.2. The van der Waals surface area contributed by atoms with E-state index in [4.69, 9.17) is 34.0 Å². The van der Waals surface area contributed by atoms with Crippen LogP contribution in [0.3, 0.4) is 0 Å². The summed E-state index contributed by atoms with van der Waals surface area (Å²) < 4.78 is 119. The lowest BCUT2D eigenvalue weighted by Crippen LogP contribution is -2.55. The highest BCUT2D eigenvalue weighted by Gasteiger charge is 2.48. The Hall–Kier alpha value is -3.50. The van der Waals surface area contributed by atoms with E-state index in [1.807, 2.05) is 0 Å². The zero-order chi connectivity index (χ0) is 37.2. The Kier molecular flexibility index (Phi) is 14.8. The third-order valence-electron chi connectivity index (χ3n) is 7.81. The molecule has 13 nitrogen and oxygen atoms in total. The van der Waals surface area contributed by atoms with Gasteiger partial charge >= 0.3 is 30.5 Å². The monoisotopic (exact) mass is 729 g/mol. The summed E-state index contributed by atoms with van der Waals surface area (Å²) in [4.78, 5) is 42.6.